The zero-order chi connectivity index (χ0) is 19.4. The van der Waals surface area contributed by atoms with E-state index >= 15 is 0 Å². The van der Waals surface area contributed by atoms with E-state index in [1.165, 1.54) is 11.8 Å². The van der Waals surface area contributed by atoms with Gasteiger partial charge in [-0.2, -0.15) is 0 Å². The number of benzene rings is 2. The van der Waals surface area contributed by atoms with Crippen molar-refractivity contribution in [3.63, 3.8) is 0 Å². The number of aryl methyl sites for hydroxylation is 3. The Labute approximate surface area is 163 Å². The Morgan fingerprint density at radius 1 is 1.07 bits per heavy atom. The number of ether oxygens (including phenoxy) is 1. The van der Waals surface area contributed by atoms with Gasteiger partial charge in [0.15, 0.2) is 5.16 Å². The van der Waals surface area contributed by atoms with Gasteiger partial charge in [-0.1, -0.05) is 17.8 Å². The van der Waals surface area contributed by atoms with Gasteiger partial charge in [0.1, 0.15) is 11.6 Å². The van der Waals surface area contributed by atoms with Crippen molar-refractivity contribution in [3.05, 3.63) is 59.4 Å². The Balaban J connectivity index is 1.70. The number of aromatic nitrogens is 3. The van der Waals surface area contributed by atoms with Crippen molar-refractivity contribution >= 4 is 23.4 Å². The third-order valence-electron chi connectivity index (χ3n) is 3.96. The molecule has 27 heavy (non-hydrogen) atoms. The first-order chi connectivity index (χ1) is 13.0. The van der Waals surface area contributed by atoms with E-state index in [0.717, 1.165) is 34.1 Å². The van der Waals surface area contributed by atoms with E-state index in [4.69, 9.17) is 4.74 Å². The molecule has 140 valence electrons. The van der Waals surface area contributed by atoms with Gasteiger partial charge < -0.3 is 10.1 Å². The van der Waals surface area contributed by atoms with E-state index in [2.05, 4.69) is 21.6 Å². The molecule has 3 aromatic rings. The second-order valence-electron chi connectivity index (χ2n) is 6.28. The molecule has 1 heterocycles. The molecule has 0 bridgehead atoms. The maximum Gasteiger partial charge on any atom is 0.234 e. The number of carbonyl (C=O) groups excluding carboxylic acids is 1. The van der Waals surface area contributed by atoms with Gasteiger partial charge in [0, 0.05) is 11.4 Å². The van der Waals surface area contributed by atoms with Crippen LogP contribution in [0.15, 0.2) is 47.6 Å². The summed E-state index contributed by atoms with van der Waals surface area (Å²) in [6.07, 6.45) is 0. The Morgan fingerprint density at radius 3 is 2.37 bits per heavy atom. The average Bonchev–Trinajstić information content (AvgIpc) is 3.00. The summed E-state index contributed by atoms with van der Waals surface area (Å²) in [6, 6.07) is 13.6. The van der Waals surface area contributed by atoms with Crippen LogP contribution in [0.5, 0.6) is 5.75 Å². The van der Waals surface area contributed by atoms with Crippen LogP contribution in [-0.2, 0) is 4.79 Å². The van der Waals surface area contributed by atoms with Crippen LogP contribution in [0.2, 0.25) is 0 Å². The van der Waals surface area contributed by atoms with E-state index in [0.29, 0.717) is 5.16 Å². The maximum absolute atomic E-state index is 12.3. The van der Waals surface area contributed by atoms with Crippen LogP contribution in [0, 0.1) is 20.8 Å². The van der Waals surface area contributed by atoms with E-state index in [1.807, 2.05) is 61.7 Å². The quantitative estimate of drug-likeness (QED) is 0.654. The highest BCUT2D eigenvalue weighted by Gasteiger charge is 2.14. The zero-order valence-electron chi connectivity index (χ0n) is 15.8. The normalized spacial score (nSPS) is 10.7. The summed E-state index contributed by atoms with van der Waals surface area (Å²) >= 11 is 1.35. The molecular weight excluding hydrogens is 360 g/mol. The Bertz CT molecular complexity index is 931. The molecule has 3 rings (SSSR count). The number of nitrogens with one attached hydrogen (secondary N) is 1. The molecule has 1 aromatic heterocycles. The first-order valence-electron chi connectivity index (χ1n) is 8.53. The standard InChI is InChI=1S/C20H22N4O2S/c1-13-9-14(2)11-16(10-13)21-19(25)12-27-20-23-22-15(3)24(20)17-5-7-18(26-4)8-6-17/h5-11H,12H2,1-4H3,(H,21,25). The first kappa shape index (κ1) is 19.0. The number of carbonyl (C=O) groups is 1. The van der Waals surface area contributed by atoms with Crippen molar-refractivity contribution in [2.45, 2.75) is 25.9 Å². The predicted molar refractivity (Wildman–Crippen MR) is 108 cm³/mol. The van der Waals surface area contributed by atoms with Crippen LogP contribution < -0.4 is 10.1 Å². The minimum absolute atomic E-state index is 0.0769. The Kier molecular flexibility index (Phi) is 5.81. The summed E-state index contributed by atoms with van der Waals surface area (Å²) in [5, 5.41) is 12.0. The minimum Gasteiger partial charge on any atom is -0.497 e. The average molecular weight is 382 g/mol. The summed E-state index contributed by atoms with van der Waals surface area (Å²) in [5.74, 6) is 1.72. The lowest BCUT2D eigenvalue weighted by molar-refractivity contribution is -0.113. The van der Waals surface area contributed by atoms with Crippen molar-refractivity contribution in [2.24, 2.45) is 0 Å². The van der Waals surface area contributed by atoms with Gasteiger partial charge in [0.2, 0.25) is 5.91 Å². The van der Waals surface area contributed by atoms with Gasteiger partial charge in [-0.15, -0.1) is 10.2 Å². The van der Waals surface area contributed by atoms with E-state index < -0.39 is 0 Å². The highest BCUT2D eigenvalue weighted by Crippen LogP contribution is 2.24. The second-order valence-corrected chi connectivity index (χ2v) is 7.22. The van der Waals surface area contributed by atoms with Crippen LogP contribution in [0.1, 0.15) is 17.0 Å². The molecule has 0 aliphatic rings. The predicted octanol–water partition coefficient (Wildman–Crippen LogP) is 3.93. The molecule has 0 radical (unpaired) electrons. The summed E-state index contributed by atoms with van der Waals surface area (Å²) in [5.41, 5.74) is 3.97. The molecule has 0 saturated heterocycles. The highest BCUT2D eigenvalue weighted by molar-refractivity contribution is 7.99. The highest BCUT2D eigenvalue weighted by atomic mass is 32.2. The molecule has 1 amide bonds. The van der Waals surface area contributed by atoms with Crippen molar-refractivity contribution in [1.29, 1.82) is 0 Å². The third kappa shape index (κ3) is 4.68. The summed E-state index contributed by atoms with van der Waals surface area (Å²) in [7, 11) is 1.63. The lowest BCUT2D eigenvalue weighted by Crippen LogP contribution is -2.14. The van der Waals surface area contributed by atoms with Crippen LogP contribution in [0.4, 0.5) is 5.69 Å². The molecule has 0 fully saturated rings. The van der Waals surface area contributed by atoms with Crippen molar-refractivity contribution < 1.29 is 9.53 Å². The fourth-order valence-corrected chi connectivity index (χ4v) is 3.64. The summed E-state index contributed by atoms with van der Waals surface area (Å²) in [6.45, 7) is 5.91. The number of hydrogen-bond acceptors (Lipinski definition) is 5. The number of nitrogens with zero attached hydrogens (tertiary/aromatic N) is 3. The Morgan fingerprint density at radius 2 is 1.74 bits per heavy atom. The van der Waals surface area contributed by atoms with Gasteiger partial charge in [0.05, 0.1) is 12.9 Å². The van der Waals surface area contributed by atoms with Crippen LogP contribution in [-0.4, -0.2) is 33.5 Å². The van der Waals surface area contributed by atoms with Gasteiger partial charge in [-0.25, -0.2) is 0 Å². The number of methoxy groups -OCH3 is 1. The number of amides is 1. The van der Waals surface area contributed by atoms with Gasteiger partial charge in [0.25, 0.3) is 0 Å². The minimum atomic E-state index is -0.0769. The second kappa shape index (κ2) is 8.26. The monoisotopic (exact) mass is 382 g/mol. The molecule has 7 heteroatoms. The fourth-order valence-electron chi connectivity index (χ4n) is 2.84. The molecule has 2 aromatic carbocycles. The van der Waals surface area contributed by atoms with Gasteiger partial charge >= 0.3 is 0 Å². The topological polar surface area (TPSA) is 69.0 Å². The molecule has 0 saturated carbocycles. The lowest BCUT2D eigenvalue weighted by Gasteiger charge is -2.10. The van der Waals surface area contributed by atoms with Crippen LogP contribution >= 0.6 is 11.8 Å². The molecule has 0 aliphatic heterocycles. The molecule has 0 atom stereocenters. The van der Waals surface area contributed by atoms with E-state index in [-0.39, 0.29) is 11.7 Å². The maximum atomic E-state index is 12.3. The summed E-state index contributed by atoms with van der Waals surface area (Å²) < 4.78 is 7.13. The molecule has 6 nitrogen and oxygen atoms in total. The molecule has 0 aliphatic carbocycles. The largest absolute Gasteiger partial charge is 0.497 e. The number of thioether (sulfide) groups is 1. The Hall–Kier alpha value is -2.80. The zero-order valence-corrected chi connectivity index (χ0v) is 16.6. The van der Waals surface area contributed by atoms with Crippen molar-refractivity contribution in [1.82, 2.24) is 14.8 Å². The van der Waals surface area contributed by atoms with Crippen LogP contribution in [0.25, 0.3) is 5.69 Å². The molecular formula is C20H22N4O2S. The van der Waals surface area contributed by atoms with E-state index in [1.54, 1.807) is 7.11 Å². The van der Waals surface area contributed by atoms with Crippen molar-refractivity contribution in [3.8, 4) is 11.4 Å². The summed E-state index contributed by atoms with van der Waals surface area (Å²) in [4.78, 5) is 12.3. The third-order valence-corrected chi connectivity index (χ3v) is 4.89. The molecule has 0 unspecified atom stereocenters. The fraction of sp³-hybridized carbons (Fsp3) is 0.250. The number of hydrogen-bond donors (Lipinski definition) is 1. The SMILES string of the molecule is COc1ccc(-n2c(C)nnc2SCC(=O)Nc2cc(C)cc(C)c2)cc1. The molecule has 0 spiro atoms. The van der Waals surface area contributed by atoms with Crippen LogP contribution in [0.3, 0.4) is 0 Å². The van der Waals surface area contributed by atoms with E-state index in [9.17, 15) is 4.79 Å². The smallest absolute Gasteiger partial charge is 0.234 e. The molecule has 1 N–H and O–H groups in total. The number of anilines is 1. The first-order valence-corrected chi connectivity index (χ1v) is 9.52. The number of rotatable bonds is 6. The van der Waals surface area contributed by atoms with Gasteiger partial charge in [-0.3, -0.25) is 9.36 Å². The van der Waals surface area contributed by atoms with Gasteiger partial charge in [-0.05, 0) is 68.3 Å². The lowest BCUT2D eigenvalue weighted by atomic mass is 10.1. The van der Waals surface area contributed by atoms with Crippen molar-refractivity contribution in [2.75, 3.05) is 18.2 Å².